The van der Waals surface area contributed by atoms with Gasteiger partial charge in [-0.1, -0.05) is 0 Å². The molecule has 1 aromatic heterocycles. The van der Waals surface area contributed by atoms with Crippen LogP contribution in [0.15, 0.2) is 29.4 Å². The summed E-state index contributed by atoms with van der Waals surface area (Å²) >= 11 is 0. The van der Waals surface area contributed by atoms with Crippen molar-refractivity contribution in [3.05, 3.63) is 24.4 Å². The second kappa shape index (κ2) is 3.48. The van der Waals surface area contributed by atoms with Crippen LogP contribution in [0, 0.1) is 0 Å². The third-order valence-corrected chi connectivity index (χ3v) is 3.68. The highest BCUT2D eigenvalue weighted by Gasteiger charge is 2.20. The maximum Gasteiger partial charge on any atom is 0.279 e. The molecule has 2 aromatic rings. The number of aromatic nitrogens is 1. The summed E-state index contributed by atoms with van der Waals surface area (Å²) in [6.45, 7) is 0.127. The molecule has 0 spiro atoms. The number of nitrogens with zero attached hydrogens (tertiary/aromatic N) is 1. The van der Waals surface area contributed by atoms with E-state index in [-0.39, 0.29) is 11.8 Å². The molecule has 0 radical (unpaired) electrons. The average Bonchev–Trinajstić information content (AvgIpc) is 2.70. The summed E-state index contributed by atoms with van der Waals surface area (Å²) < 4.78 is 33.1. The Morgan fingerprint density at radius 3 is 2.65 bits per heavy atom. The molecule has 88 valence electrons. The van der Waals surface area contributed by atoms with Gasteiger partial charge in [0.25, 0.3) is 9.05 Å². The molecule has 1 aliphatic heterocycles. The number of fused-ring (bicyclic) bond motifs is 2. The smallest absolute Gasteiger partial charge is 0.279 e. The Labute approximate surface area is 101 Å². The van der Waals surface area contributed by atoms with Gasteiger partial charge in [-0.15, -0.1) is 0 Å². The molecule has 0 unspecified atom stereocenters. The zero-order valence-electron chi connectivity index (χ0n) is 8.38. The Bertz CT molecular complexity index is 714. The van der Waals surface area contributed by atoms with E-state index in [1.807, 2.05) is 0 Å². The Kier molecular flexibility index (Phi) is 2.17. The molecule has 3 rings (SSSR count). The van der Waals surface area contributed by atoms with Crippen LogP contribution in [0.4, 0.5) is 0 Å². The lowest BCUT2D eigenvalue weighted by Gasteiger charge is -2.03. The van der Waals surface area contributed by atoms with E-state index in [9.17, 15) is 8.42 Å². The molecular weight excluding hydrogens is 266 g/mol. The van der Waals surface area contributed by atoms with Crippen molar-refractivity contribution in [1.29, 1.82) is 0 Å². The number of halogens is 1. The molecule has 7 heteroatoms. The first-order valence-electron chi connectivity index (χ1n) is 4.69. The molecule has 1 aliphatic rings. The van der Waals surface area contributed by atoms with Crippen molar-refractivity contribution < 1.29 is 17.9 Å². The lowest BCUT2D eigenvalue weighted by atomic mass is 10.1. The standard InChI is InChI=1S/C10H6ClNO4S/c11-17(13,14)10-7-4-9-8(15-5-16-9)3-6(7)1-2-12-10/h1-4H,5H2. The molecule has 1 aromatic carbocycles. The number of hydrogen-bond acceptors (Lipinski definition) is 5. The maximum atomic E-state index is 11.4. The van der Waals surface area contributed by atoms with Gasteiger partial charge in [0, 0.05) is 22.3 Å². The number of rotatable bonds is 1. The largest absolute Gasteiger partial charge is 0.454 e. The van der Waals surface area contributed by atoms with Crippen molar-refractivity contribution in [2.24, 2.45) is 0 Å². The Morgan fingerprint density at radius 2 is 1.94 bits per heavy atom. The van der Waals surface area contributed by atoms with Crippen molar-refractivity contribution in [2.75, 3.05) is 6.79 Å². The van der Waals surface area contributed by atoms with Crippen molar-refractivity contribution >= 4 is 30.5 Å². The van der Waals surface area contributed by atoms with Gasteiger partial charge in [-0.05, 0) is 23.6 Å². The van der Waals surface area contributed by atoms with E-state index in [2.05, 4.69) is 4.98 Å². The van der Waals surface area contributed by atoms with Crippen LogP contribution in [0.3, 0.4) is 0 Å². The average molecular weight is 272 g/mol. The zero-order chi connectivity index (χ0) is 12.0. The van der Waals surface area contributed by atoms with E-state index in [1.165, 1.54) is 6.20 Å². The topological polar surface area (TPSA) is 65.5 Å². The fraction of sp³-hybridized carbons (Fsp3) is 0.100. The number of hydrogen-bond donors (Lipinski definition) is 0. The Balaban J connectivity index is 2.40. The quantitative estimate of drug-likeness (QED) is 0.741. The number of pyridine rings is 1. The van der Waals surface area contributed by atoms with Crippen LogP contribution in [0.25, 0.3) is 10.8 Å². The molecule has 0 saturated carbocycles. The Morgan fingerprint density at radius 1 is 1.24 bits per heavy atom. The second-order valence-corrected chi connectivity index (χ2v) is 5.96. The maximum absolute atomic E-state index is 11.4. The summed E-state index contributed by atoms with van der Waals surface area (Å²) in [5.41, 5.74) is 0. The van der Waals surface area contributed by atoms with Crippen LogP contribution in [-0.4, -0.2) is 20.2 Å². The van der Waals surface area contributed by atoms with Crippen LogP contribution < -0.4 is 9.47 Å². The molecule has 0 N–H and O–H groups in total. The van der Waals surface area contributed by atoms with Crippen molar-refractivity contribution in [3.63, 3.8) is 0 Å². The van der Waals surface area contributed by atoms with Crippen LogP contribution >= 0.6 is 10.7 Å². The van der Waals surface area contributed by atoms with Gasteiger partial charge in [0.2, 0.25) is 6.79 Å². The van der Waals surface area contributed by atoms with Crippen molar-refractivity contribution in [3.8, 4) is 11.5 Å². The summed E-state index contributed by atoms with van der Waals surface area (Å²) in [6.07, 6.45) is 1.39. The molecule has 0 fully saturated rings. The summed E-state index contributed by atoms with van der Waals surface area (Å²) in [4.78, 5) is 3.79. The summed E-state index contributed by atoms with van der Waals surface area (Å²) in [6, 6.07) is 4.95. The first kappa shape index (κ1) is 10.6. The lowest BCUT2D eigenvalue weighted by molar-refractivity contribution is 0.174. The fourth-order valence-electron chi connectivity index (χ4n) is 1.73. The van der Waals surface area contributed by atoms with Crippen LogP contribution in [0.1, 0.15) is 0 Å². The highest BCUT2D eigenvalue weighted by atomic mass is 35.7. The zero-order valence-corrected chi connectivity index (χ0v) is 9.96. The van der Waals surface area contributed by atoms with Crippen LogP contribution in [0.5, 0.6) is 11.5 Å². The fourth-order valence-corrected chi connectivity index (χ4v) is 2.73. The first-order valence-corrected chi connectivity index (χ1v) is 7.00. The third kappa shape index (κ3) is 1.69. The second-order valence-electron chi connectivity index (χ2n) is 3.48. The minimum Gasteiger partial charge on any atom is -0.454 e. The number of ether oxygens (including phenoxy) is 2. The predicted molar refractivity (Wildman–Crippen MR) is 60.9 cm³/mol. The molecule has 0 bridgehead atoms. The van der Waals surface area contributed by atoms with Crippen molar-refractivity contribution in [2.45, 2.75) is 5.03 Å². The van der Waals surface area contributed by atoms with E-state index in [4.69, 9.17) is 20.2 Å². The minimum atomic E-state index is -3.88. The van der Waals surface area contributed by atoms with E-state index in [0.717, 1.165) is 0 Å². The normalized spacial score (nSPS) is 14.2. The summed E-state index contributed by atoms with van der Waals surface area (Å²) in [5, 5.41) is 0.935. The molecule has 0 amide bonds. The molecule has 2 heterocycles. The third-order valence-electron chi connectivity index (χ3n) is 2.45. The lowest BCUT2D eigenvalue weighted by Crippen LogP contribution is -1.96. The molecule has 5 nitrogen and oxygen atoms in total. The SMILES string of the molecule is O=S(=O)(Cl)c1nccc2cc3c(cc12)OCO3. The van der Waals surface area contributed by atoms with E-state index >= 15 is 0 Å². The van der Waals surface area contributed by atoms with Crippen molar-refractivity contribution in [1.82, 2.24) is 4.98 Å². The summed E-state index contributed by atoms with van der Waals surface area (Å²) in [7, 11) is 1.44. The highest BCUT2D eigenvalue weighted by molar-refractivity contribution is 8.13. The molecule has 0 atom stereocenters. The van der Waals surface area contributed by atoms with Gasteiger partial charge in [-0.3, -0.25) is 0 Å². The van der Waals surface area contributed by atoms with E-state index < -0.39 is 9.05 Å². The van der Waals surface area contributed by atoms with Gasteiger partial charge < -0.3 is 9.47 Å². The van der Waals surface area contributed by atoms with Crippen LogP contribution in [0.2, 0.25) is 0 Å². The minimum absolute atomic E-state index is 0.127. The number of benzene rings is 1. The van der Waals surface area contributed by atoms with Crippen LogP contribution in [-0.2, 0) is 9.05 Å². The monoisotopic (exact) mass is 271 g/mol. The predicted octanol–water partition coefficient (Wildman–Crippen LogP) is 1.89. The molecular formula is C10H6ClNO4S. The Hall–Kier alpha value is -1.53. The van der Waals surface area contributed by atoms with Gasteiger partial charge in [-0.25, -0.2) is 13.4 Å². The van der Waals surface area contributed by atoms with E-state index in [1.54, 1.807) is 18.2 Å². The van der Waals surface area contributed by atoms with Gasteiger partial charge in [-0.2, -0.15) is 0 Å². The van der Waals surface area contributed by atoms with Gasteiger partial charge in [0.1, 0.15) is 0 Å². The van der Waals surface area contributed by atoms with Gasteiger partial charge in [0.05, 0.1) is 0 Å². The van der Waals surface area contributed by atoms with Gasteiger partial charge >= 0.3 is 0 Å². The molecule has 0 saturated heterocycles. The summed E-state index contributed by atoms with van der Waals surface area (Å²) in [5.74, 6) is 1.08. The molecule has 0 aliphatic carbocycles. The molecule has 17 heavy (non-hydrogen) atoms. The van der Waals surface area contributed by atoms with E-state index in [0.29, 0.717) is 22.3 Å². The highest BCUT2D eigenvalue weighted by Crippen LogP contribution is 2.37. The first-order chi connectivity index (χ1) is 8.05. The van der Waals surface area contributed by atoms with Gasteiger partial charge in [0.15, 0.2) is 16.5 Å².